The van der Waals surface area contributed by atoms with Crippen LogP contribution in [0, 0.1) is 22.2 Å². The van der Waals surface area contributed by atoms with Gasteiger partial charge in [-0.15, -0.1) is 0 Å². The van der Waals surface area contributed by atoms with Crippen LogP contribution in [-0.4, -0.2) is 131 Å². The van der Waals surface area contributed by atoms with Crippen LogP contribution in [0.4, 0.5) is 5.95 Å². The third-order valence-electron chi connectivity index (χ3n) is 12.8. The van der Waals surface area contributed by atoms with Crippen LogP contribution in [0.5, 0.6) is 11.5 Å². The summed E-state index contributed by atoms with van der Waals surface area (Å²) in [6.07, 6.45) is 5.27. The number of likely N-dealkylation sites (tertiary alicyclic amines) is 1. The number of carbonyl (C=O) groups excluding carboxylic acids is 5. The fraction of sp³-hybridized carbons (Fsp3) is 0.500. The predicted octanol–water partition coefficient (Wildman–Crippen LogP) is 3.68. The van der Waals surface area contributed by atoms with Gasteiger partial charge in [0.05, 0.1) is 27.3 Å². The van der Waals surface area contributed by atoms with E-state index in [9.17, 15) is 29.2 Å². The summed E-state index contributed by atoms with van der Waals surface area (Å²) in [4.78, 5) is 80.5. The van der Waals surface area contributed by atoms with Crippen molar-refractivity contribution in [3.05, 3.63) is 76.1 Å². The number of piperidine rings is 1. The lowest BCUT2D eigenvalue weighted by molar-refractivity contribution is -0.164. The Labute approximate surface area is 359 Å². The van der Waals surface area contributed by atoms with Crippen molar-refractivity contribution in [2.24, 2.45) is 10.8 Å². The minimum Gasteiger partial charge on any atom is -0.489 e. The maximum Gasteiger partial charge on any atom is 0.262 e. The fourth-order valence-corrected chi connectivity index (χ4v) is 9.96. The first-order valence-electron chi connectivity index (χ1n) is 20.8. The van der Waals surface area contributed by atoms with Gasteiger partial charge in [0, 0.05) is 81.0 Å². The molecule has 3 aromatic rings. The number of piperazine rings is 1. The number of halogens is 1. The van der Waals surface area contributed by atoms with E-state index >= 15 is 0 Å². The van der Waals surface area contributed by atoms with E-state index in [1.807, 2.05) is 0 Å². The number of fused-ring (bicyclic) bond motifs is 1. The lowest BCUT2D eigenvalue weighted by Gasteiger charge is -2.63. The molecule has 5 heterocycles. The number of hydrogen-bond donors (Lipinski definition) is 2. The number of nitrogens with one attached hydrogen (secondary N) is 2. The van der Waals surface area contributed by atoms with Crippen molar-refractivity contribution in [3.8, 4) is 17.6 Å². The van der Waals surface area contributed by atoms with E-state index in [1.54, 1.807) is 48.8 Å². The number of nitrogens with zero attached hydrogens (tertiary/aromatic N) is 7. The SMILES string of the molecule is CC1(C)[C@H](NC(=O)c2cnc(N3CCN(CCCCN4CC(Oc5ccc6c(c5)C(=O)N(C5CCC(=O)NC5=O)C6=O)C4)CC3)nc2)C(C)(C)[C@H]1Oc1ccc(C#N)c(Cl)c1. The topological polar surface area (TPSA) is 190 Å². The maximum absolute atomic E-state index is 13.4. The van der Waals surface area contributed by atoms with Crippen molar-refractivity contribution in [3.63, 3.8) is 0 Å². The van der Waals surface area contributed by atoms with Gasteiger partial charge in [-0.3, -0.25) is 44.0 Å². The van der Waals surface area contributed by atoms with Crippen molar-refractivity contribution >= 4 is 47.1 Å². The van der Waals surface area contributed by atoms with E-state index in [4.69, 9.17) is 21.1 Å². The zero-order valence-corrected chi connectivity index (χ0v) is 35.5. The van der Waals surface area contributed by atoms with Crippen molar-refractivity contribution in [2.75, 3.05) is 57.3 Å². The summed E-state index contributed by atoms with van der Waals surface area (Å²) >= 11 is 6.24. The quantitative estimate of drug-likeness (QED) is 0.187. The van der Waals surface area contributed by atoms with Gasteiger partial charge in [0.15, 0.2) is 0 Å². The molecule has 4 aliphatic heterocycles. The minimum absolute atomic E-state index is 0.0204. The highest BCUT2D eigenvalue weighted by Gasteiger charge is 2.64. The van der Waals surface area contributed by atoms with Gasteiger partial charge in [-0.05, 0) is 62.7 Å². The highest BCUT2D eigenvalue weighted by Crippen LogP contribution is 2.55. The molecule has 5 amide bonds. The third-order valence-corrected chi connectivity index (χ3v) is 13.1. The Morgan fingerprint density at radius 2 is 1.52 bits per heavy atom. The van der Waals surface area contributed by atoms with E-state index in [-0.39, 0.29) is 59.0 Å². The highest BCUT2D eigenvalue weighted by atomic mass is 35.5. The first kappa shape index (κ1) is 42.1. The number of amides is 5. The van der Waals surface area contributed by atoms with Crippen molar-refractivity contribution in [2.45, 2.75) is 77.7 Å². The standard InChI is InChI=1S/C44H50ClN9O7/c1-43(2)40(44(3,4)41(43)61-29-8-7-26(21-46)33(45)20-29)50-36(56)27-22-47-42(48-23-27)53-17-15-51(16-18-53)13-5-6-14-52-24-30(25-52)60-28-9-10-31-32(19-28)39(59)54(38(31)58)34-11-12-35(55)49-37(34)57/h7-10,19-20,22-23,30,34,40-41H,5-6,11-18,24-25H2,1-4H3,(H,50,56)(H,49,55,57)/t34?,40-,41-. The van der Waals surface area contributed by atoms with Gasteiger partial charge in [-0.25, -0.2) is 9.97 Å². The summed E-state index contributed by atoms with van der Waals surface area (Å²) in [5.74, 6) is -0.658. The number of nitriles is 1. The van der Waals surface area contributed by atoms with Crippen LogP contribution in [0.25, 0.3) is 0 Å². The third kappa shape index (κ3) is 8.26. The second kappa shape index (κ2) is 16.7. The van der Waals surface area contributed by atoms with Crippen molar-refractivity contribution in [1.29, 1.82) is 5.26 Å². The van der Waals surface area contributed by atoms with Gasteiger partial charge < -0.3 is 19.7 Å². The molecule has 1 aromatic heterocycles. The van der Waals surface area contributed by atoms with Crippen LogP contribution in [-0.2, 0) is 9.59 Å². The molecule has 3 saturated heterocycles. The number of ether oxygens (including phenoxy) is 2. The van der Waals surface area contributed by atoms with Crippen LogP contribution < -0.4 is 25.0 Å². The molecule has 320 valence electrons. The molecule has 0 spiro atoms. The van der Waals surface area contributed by atoms with Gasteiger partial charge in [-0.1, -0.05) is 39.3 Å². The molecule has 0 radical (unpaired) electrons. The lowest BCUT2D eigenvalue weighted by atomic mass is 9.49. The van der Waals surface area contributed by atoms with E-state index in [1.165, 1.54) is 0 Å². The van der Waals surface area contributed by atoms with Crippen LogP contribution in [0.15, 0.2) is 48.8 Å². The predicted molar refractivity (Wildman–Crippen MR) is 223 cm³/mol. The zero-order chi connectivity index (χ0) is 43.2. The largest absolute Gasteiger partial charge is 0.489 e. The van der Waals surface area contributed by atoms with Gasteiger partial charge in [0.1, 0.15) is 35.8 Å². The average Bonchev–Trinajstić information content (AvgIpc) is 3.47. The first-order chi connectivity index (χ1) is 29.1. The molecule has 1 unspecified atom stereocenters. The Morgan fingerprint density at radius 1 is 0.885 bits per heavy atom. The second-order valence-corrected chi connectivity index (χ2v) is 18.2. The molecular weight excluding hydrogens is 802 g/mol. The molecule has 1 saturated carbocycles. The Morgan fingerprint density at radius 3 is 2.18 bits per heavy atom. The van der Waals surface area contributed by atoms with Crippen molar-refractivity contribution < 1.29 is 33.4 Å². The number of unbranched alkanes of at least 4 members (excludes halogenated alkanes) is 1. The summed E-state index contributed by atoms with van der Waals surface area (Å²) in [5, 5.41) is 15.0. The number of hydrogen-bond acceptors (Lipinski definition) is 13. The first-order valence-corrected chi connectivity index (χ1v) is 21.2. The monoisotopic (exact) mass is 851 g/mol. The number of aromatic nitrogens is 2. The van der Waals surface area contributed by atoms with Crippen LogP contribution in [0.1, 0.15) is 90.0 Å². The fourth-order valence-electron chi connectivity index (χ4n) is 9.75. The van der Waals surface area contributed by atoms with E-state index in [2.05, 4.69) is 69.1 Å². The molecule has 1 atom stereocenters. The molecular formula is C44H50ClN9O7. The normalized spacial score (nSPS) is 23.7. The molecule has 61 heavy (non-hydrogen) atoms. The Bertz CT molecular complexity index is 2270. The van der Waals surface area contributed by atoms with Gasteiger partial charge in [0.2, 0.25) is 17.8 Å². The molecule has 4 fully saturated rings. The van der Waals surface area contributed by atoms with Crippen LogP contribution >= 0.6 is 11.6 Å². The van der Waals surface area contributed by atoms with Gasteiger partial charge in [-0.2, -0.15) is 5.26 Å². The maximum atomic E-state index is 13.4. The molecule has 5 aliphatic rings. The van der Waals surface area contributed by atoms with Gasteiger partial charge >= 0.3 is 0 Å². The molecule has 0 bridgehead atoms. The molecule has 1 aliphatic carbocycles. The Balaban J connectivity index is 0.722. The molecule has 2 N–H and O–H groups in total. The van der Waals surface area contributed by atoms with Crippen LogP contribution in [0.3, 0.4) is 0 Å². The second-order valence-electron chi connectivity index (χ2n) is 17.8. The summed E-state index contributed by atoms with van der Waals surface area (Å²) in [7, 11) is 0. The smallest absolute Gasteiger partial charge is 0.262 e. The highest BCUT2D eigenvalue weighted by molar-refractivity contribution is 6.31. The number of rotatable bonds is 13. The zero-order valence-electron chi connectivity index (χ0n) is 34.8. The Hall–Kier alpha value is -5.63. The Kier molecular flexibility index (Phi) is 11.5. The summed E-state index contributed by atoms with van der Waals surface area (Å²) < 4.78 is 12.5. The average molecular weight is 852 g/mol. The lowest BCUT2D eigenvalue weighted by Crippen LogP contribution is -2.74. The summed E-state index contributed by atoms with van der Waals surface area (Å²) in [5.41, 5.74) is 0.455. The number of imide groups is 2. The molecule has 2 aromatic carbocycles. The van der Waals surface area contributed by atoms with Crippen LogP contribution in [0.2, 0.25) is 5.02 Å². The number of benzene rings is 2. The van der Waals surface area contributed by atoms with Gasteiger partial charge in [0.25, 0.3) is 17.7 Å². The summed E-state index contributed by atoms with van der Waals surface area (Å²) in [6.45, 7) is 15.2. The number of carbonyl (C=O) groups is 5. The molecule has 17 heteroatoms. The van der Waals surface area contributed by atoms with E-state index in [0.717, 1.165) is 70.1 Å². The molecule has 8 rings (SSSR count). The van der Waals surface area contributed by atoms with E-state index in [0.29, 0.717) is 33.6 Å². The van der Waals surface area contributed by atoms with Crippen molar-refractivity contribution in [1.82, 2.24) is 35.3 Å². The summed E-state index contributed by atoms with van der Waals surface area (Å²) in [6, 6.07) is 10.8. The number of anilines is 1. The minimum atomic E-state index is -0.998. The molecule has 16 nitrogen and oxygen atoms in total. The van der Waals surface area contributed by atoms with E-state index < -0.39 is 29.7 Å².